The Labute approximate surface area is 201 Å². The molecule has 0 fully saturated rings. The summed E-state index contributed by atoms with van der Waals surface area (Å²) in [4.78, 5) is 9.66. The van der Waals surface area contributed by atoms with E-state index in [1.807, 2.05) is 66.7 Å². The predicted octanol–water partition coefficient (Wildman–Crippen LogP) is 4.72. The van der Waals surface area contributed by atoms with Crippen LogP contribution < -0.4 is 0 Å². The Balaban J connectivity index is 0.00000231. The SMILES string of the molecule is O=S(=O)(O)c1ccc2cc3nc(-c4ccccc4)c(-c4ccccc4)nc3cc2c1.[NaH]. The van der Waals surface area contributed by atoms with Crippen LogP contribution in [-0.4, -0.2) is 52.5 Å². The molecule has 0 saturated heterocycles. The topological polar surface area (TPSA) is 80.2 Å². The first kappa shape index (κ1) is 21.6. The van der Waals surface area contributed by atoms with Crippen LogP contribution in [0, 0.1) is 0 Å². The molecule has 0 amide bonds. The number of hydrogen-bond donors (Lipinski definition) is 1. The van der Waals surface area contributed by atoms with Crippen LogP contribution >= 0.6 is 0 Å². The molecular formula is C24H17N2NaO3S. The van der Waals surface area contributed by atoms with E-state index in [0.717, 1.165) is 27.9 Å². The van der Waals surface area contributed by atoms with Gasteiger partial charge in [0.1, 0.15) is 0 Å². The van der Waals surface area contributed by atoms with Crippen LogP contribution in [0.3, 0.4) is 0 Å². The van der Waals surface area contributed by atoms with Gasteiger partial charge in [-0.05, 0) is 35.0 Å². The summed E-state index contributed by atoms with van der Waals surface area (Å²) in [5, 5.41) is 1.48. The average Bonchev–Trinajstić information content (AvgIpc) is 2.77. The maximum atomic E-state index is 11.5. The monoisotopic (exact) mass is 436 g/mol. The van der Waals surface area contributed by atoms with Gasteiger partial charge in [0, 0.05) is 11.1 Å². The van der Waals surface area contributed by atoms with E-state index in [1.165, 1.54) is 12.1 Å². The fourth-order valence-electron chi connectivity index (χ4n) is 3.53. The van der Waals surface area contributed by atoms with Crippen LogP contribution in [0.25, 0.3) is 44.3 Å². The van der Waals surface area contributed by atoms with Crippen LogP contribution in [-0.2, 0) is 10.1 Å². The third kappa shape index (κ3) is 4.26. The van der Waals surface area contributed by atoms with Crippen molar-refractivity contribution in [2.45, 2.75) is 4.90 Å². The van der Waals surface area contributed by atoms with E-state index >= 15 is 0 Å². The molecule has 4 aromatic carbocycles. The van der Waals surface area contributed by atoms with E-state index in [-0.39, 0.29) is 34.5 Å². The maximum absolute atomic E-state index is 11.5. The number of fused-ring (bicyclic) bond motifs is 2. The van der Waals surface area contributed by atoms with E-state index in [2.05, 4.69) is 0 Å². The molecule has 7 heteroatoms. The fourth-order valence-corrected chi connectivity index (χ4v) is 4.05. The molecule has 148 valence electrons. The van der Waals surface area contributed by atoms with E-state index in [4.69, 9.17) is 9.97 Å². The number of rotatable bonds is 3. The van der Waals surface area contributed by atoms with Crippen LogP contribution in [0.4, 0.5) is 0 Å². The number of hydrogen-bond acceptors (Lipinski definition) is 4. The van der Waals surface area contributed by atoms with Crippen LogP contribution in [0.1, 0.15) is 0 Å². The molecule has 1 heterocycles. The first-order valence-corrected chi connectivity index (χ1v) is 10.8. The Morgan fingerprint density at radius 2 is 1.10 bits per heavy atom. The van der Waals surface area contributed by atoms with Gasteiger partial charge < -0.3 is 0 Å². The summed E-state index contributed by atoms with van der Waals surface area (Å²) in [6, 6.07) is 27.9. The molecule has 0 bridgehead atoms. The summed E-state index contributed by atoms with van der Waals surface area (Å²) >= 11 is 0. The summed E-state index contributed by atoms with van der Waals surface area (Å²) in [5.74, 6) is 0. The zero-order chi connectivity index (χ0) is 20.7. The molecule has 1 N–H and O–H groups in total. The molecule has 0 aliphatic heterocycles. The van der Waals surface area contributed by atoms with Crippen molar-refractivity contribution in [1.29, 1.82) is 0 Å². The van der Waals surface area contributed by atoms with Gasteiger partial charge in [0.25, 0.3) is 10.1 Å². The van der Waals surface area contributed by atoms with Crippen molar-refractivity contribution >= 4 is 61.5 Å². The Hall–Kier alpha value is -2.61. The van der Waals surface area contributed by atoms with E-state index in [9.17, 15) is 13.0 Å². The molecular weight excluding hydrogens is 419 g/mol. The Morgan fingerprint density at radius 3 is 1.58 bits per heavy atom. The molecule has 0 aliphatic carbocycles. The van der Waals surface area contributed by atoms with Crippen LogP contribution in [0.5, 0.6) is 0 Å². The third-order valence-electron chi connectivity index (χ3n) is 4.99. The number of nitrogens with zero attached hydrogens (tertiary/aromatic N) is 2. The second-order valence-electron chi connectivity index (χ2n) is 6.98. The molecule has 5 rings (SSSR count). The Kier molecular flexibility index (Phi) is 5.92. The van der Waals surface area contributed by atoms with Gasteiger partial charge in [-0.15, -0.1) is 0 Å². The van der Waals surface area contributed by atoms with Crippen molar-refractivity contribution in [3.05, 3.63) is 91.0 Å². The minimum atomic E-state index is -4.28. The van der Waals surface area contributed by atoms with Crippen molar-refractivity contribution in [1.82, 2.24) is 9.97 Å². The average molecular weight is 436 g/mol. The summed E-state index contributed by atoms with van der Waals surface area (Å²) < 4.78 is 32.4. The second-order valence-corrected chi connectivity index (χ2v) is 8.40. The van der Waals surface area contributed by atoms with Gasteiger partial charge in [0.05, 0.1) is 27.3 Å². The molecule has 31 heavy (non-hydrogen) atoms. The van der Waals surface area contributed by atoms with Crippen LogP contribution in [0.2, 0.25) is 0 Å². The normalized spacial score (nSPS) is 11.4. The summed E-state index contributed by atoms with van der Waals surface area (Å²) in [7, 11) is -4.28. The number of benzene rings is 4. The van der Waals surface area contributed by atoms with Crippen molar-refractivity contribution in [2.24, 2.45) is 0 Å². The summed E-state index contributed by atoms with van der Waals surface area (Å²) in [6.07, 6.45) is 0. The molecule has 0 unspecified atom stereocenters. The quantitative estimate of drug-likeness (QED) is 0.252. The third-order valence-corrected chi connectivity index (χ3v) is 5.84. The molecule has 0 atom stereocenters. The summed E-state index contributed by atoms with van der Waals surface area (Å²) in [5.41, 5.74) is 4.79. The minimum absolute atomic E-state index is 0. The zero-order valence-electron chi connectivity index (χ0n) is 15.7. The van der Waals surface area contributed by atoms with Gasteiger partial charge in [0.15, 0.2) is 0 Å². The van der Waals surface area contributed by atoms with Gasteiger partial charge in [0.2, 0.25) is 0 Å². The van der Waals surface area contributed by atoms with Gasteiger partial charge in [-0.25, -0.2) is 9.97 Å². The van der Waals surface area contributed by atoms with Crippen molar-refractivity contribution in [2.75, 3.05) is 0 Å². The first-order valence-electron chi connectivity index (χ1n) is 9.33. The van der Waals surface area contributed by atoms with Crippen molar-refractivity contribution in [3.8, 4) is 22.5 Å². The molecule has 0 saturated carbocycles. The standard InChI is InChI=1S/C24H16N2O3S.Na.H/c27-30(28,29)20-12-11-18-14-21-22(15-19(18)13-20)26-24(17-9-5-2-6-10-17)23(25-21)16-7-3-1-4-8-16;;/h1-15H,(H,27,28,29);;. The predicted molar refractivity (Wildman–Crippen MR) is 125 cm³/mol. The zero-order valence-corrected chi connectivity index (χ0v) is 16.5. The molecule has 0 radical (unpaired) electrons. The first-order chi connectivity index (χ1) is 14.5. The molecule has 5 nitrogen and oxygen atoms in total. The van der Waals surface area contributed by atoms with E-state index < -0.39 is 10.1 Å². The molecule has 0 spiro atoms. The van der Waals surface area contributed by atoms with Crippen molar-refractivity contribution in [3.63, 3.8) is 0 Å². The van der Waals surface area contributed by atoms with Gasteiger partial charge in [-0.1, -0.05) is 66.7 Å². The fraction of sp³-hybridized carbons (Fsp3) is 0. The number of aromatic nitrogens is 2. The Bertz CT molecular complexity index is 1510. The van der Waals surface area contributed by atoms with Gasteiger partial charge in [-0.3, -0.25) is 4.55 Å². The van der Waals surface area contributed by atoms with Gasteiger partial charge in [-0.2, -0.15) is 8.42 Å². The summed E-state index contributed by atoms with van der Waals surface area (Å²) in [6.45, 7) is 0. The van der Waals surface area contributed by atoms with Crippen molar-refractivity contribution < 1.29 is 13.0 Å². The van der Waals surface area contributed by atoms with E-state index in [1.54, 1.807) is 12.1 Å². The Morgan fingerprint density at radius 1 is 0.613 bits per heavy atom. The second kappa shape index (κ2) is 8.49. The van der Waals surface area contributed by atoms with E-state index in [0.29, 0.717) is 16.4 Å². The molecule has 0 aliphatic rings. The van der Waals surface area contributed by atoms with Crippen LogP contribution in [0.15, 0.2) is 95.9 Å². The molecule has 1 aromatic heterocycles. The molecule has 5 aromatic rings. The van der Waals surface area contributed by atoms with Gasteiger partial charge >= 0.3 is 29.6 Å².